The maximum Gasteiger partial charge on any atom is 0.269 e. The highest BCUT2D eigenvalue weighted by atomic mass is 16.6. The lowest BCUT2D eigenvalue weighted by Crippen LogP contribution is -1.98. The van der Waals surface area contributed by atoms with E-state index in [0.717, 1.165) is 0 Å². The summed E-state index contributed by atoms with van der Waals surface area (Å²) in [5.41, 5.74) is 0.813. The Balaban J connectivity index is 3.31. The molecule has 1 aromatic rings. The third-order valence-corrected chi connectivity index (χ3v) is 1.66. The van der Waals surface area contributed by atoms with Crippen LogP contribution in [-0.2, 0) is 0 Å². The van der Waals surface area contributed by atoms with Crippen LogP contribution >= 0.6 is 0 Å². The Morgan fingerprint density at radius 1 is 1.25 bits per heavy atom. The fourth-order valence-corrected chi connectivity index (χ4v) is 1.03. The third-order valence-electron chi connectivity index (χ3n) is 1.66. The van der Waals surface area contributed by atoms with Gasteiger partial charge in [0.05, 0.1) is 4.92 Å². The first-order chi connectivity index (χ1) is 5.52. The van der Waals surface area contributed by atoms with Crippen molar-refractivity contribution in [3.05, 3.63) is 33.4 Å². The molecule has 0 bridgehead atoms. The second kappa shape index (κ2) is 2.81. The number of nitro benzene ring substituents is 1. The highest BCUT2D eigenvalue weighted by Crippen LogP contribution is 2.24. The zero-order valence-corrected chi connectivity index (χ0v) is 6.83. The van der Waals surface area contributed by atoms with Crippen molar-refractivity contribution in [2.75, 3.05) is 0 Å². The average molecular weight is 166 g/mol. The van der Waals surface area contributed by atoms with E-state index in [1.165, 1.54) is 12.1 Å². The van der Waals surface area contributed by atoms with Gasteiger partial charge in [0.15, 0.2) is 0 Å². The van der Waals surface area contributed by atoms with Crippen LogP contribution in [0.3, 0.4) is 0 Å². The quantitative estimate of drug-likeness (QED) is 0.466. The van der Waals surface area contributed by atoms with E-state index < -0.39 is 4.92 Å². The van der Waals surface area contributed by atoms with E-state index >= 15 is 0 Å². The van der Waals surface area contributed by atoms with Crippen molar-refractivity contribution in [2.24, 2.45) is 0 Å². The van der Waals surface area contributed by atoms with Crippen LogP contribution in [0.25, 0.3) is 0 Å². The van der Waals surface area contributed by atoms with Gasteiger partial charge in [-0.2, -0.15) is 0 Å². The van der Waals surface area contributed by atoms with Gasteiger partial charge in [-0.25, -0.2) is 0 Å². The Bertz CT molecular complexity index is 310. The molecule has 0 amide bonds. The Morgan fingerprint density at radius 2 is 1.67 bits per heavy atom. The lowest BCUT2D eigenvalue weighted by Gasteiger charge is -2.12. The summed E-state index contributed by atoms with van der Waals surface area (Å²) < 4.78 is 0. The SMILES string of the molecule is Cc1cc([N+](=O)[O-])cc(C)c1[O-]. The molecule has 0 N–H and O–H groups in total. The Labute approximate surface area is 69.6 Å². The topological polar surface area (TPSA) is 66.2 Å². The van der Waals surface area contributed by atoms with Gasteiger partial charge in [-0.05, 0) is 13.8 Å². The number of nitrogens with zero attached hydrogens (tertiary/aromatic N) is 1. The van der Waals surface area contributed by atoms with Gasteiger partial charge >= 0.3 is 0 Å². The van der Waals surface area contributed by atoms with Crippen molar-refractivity contribution in [2.45, 2.75) is 13.8 Å². The molecule has 0 saturated heterocycles. The van der Waals surface area contributed by atoms with E-state index in [1.807, 2.05) is 0 Å². The minimum absolute atomic E-state index is 0.0235. The summed E-state index contributed by atoms with van der Waals surface area (Å²) >= 11 is 0. The van der Waals surface area contributed by atoms with Crippen LogP contribution in [0.1, 0.15) is 11.1 Å². The van der Waals surface area contributed by atoms with Crippen LogP contribution < -0.4 is 5.11 Å². The Morgan fingerprint density at radius 3 is 2.00 bits per heavy atom. The number of benzene rings is 1. The molecule has 0 fully saturated rings. The second-order valence-corrected chi connectivity index (χ2v) is 2.67. The van der Waals surface area contributed by atoms with E-state index in [4.69, 9.17) is 0 Å². The van der Waals surface area contributed by atoms with Gasteiger partial charge in [0, 0.05) is 12.1 Å². The van der Waals surface area contributed by atoms with Crippen LogP contribution in [-0.4, -0.2) is 4.92 Å². The summed E-state index contributed by atoms with van der Waals surface area (Å²) in [6.07, 6.45) is 0. The molecule has 1 rings (SSSR count). The van der Waals surface area contributed by atoms with Crippen LogP contribution in [0.5, 0.6) is 5.75 Å². The summed E-state index contributed by atoms with van der Waals surface area (Å²) in [7, 11) is 0. The summed E-state index contributed by atoms with van der Waals surface area (Å²) in [5, 5.41) is 21.4. The Hall–Kier alpha value is -1.58. The van der Waals surface area contributed by atoms with Crippen LogP contribution in [0.15, 0.2) is 12.1 Å². The predicted molar refractivity (Wildman–Crippen MR) is 42.0 cm³/mol. The second-order valence-electron chi connectivity index (χ2n) is 2.67. The number of nitro groups is 1. The molecule has 0 aromatic heterocycles. The summed E-state index contributed by atoms with van der Waals surface area (Å²) in [4.78, 5) is 9.82. The van der Waals surface area contributed by atoms with Gasteiger partial charge in [-0.3, -0.25) is 10.1 Å². The minimum atomic E-state index is -0.501. The average Bonchev–Trinajstić information content (AvgIpc) is 1.99. The van der Waals surface area contributed by atoms with Crippen LogP contribution in [0.4, 0.5) is 5.69 Å². The summed E-state index contributed by atoms with van der Waals surface area (Å²) in [6.45, 7) is 3.14. The molecule has 1 aromatic carbocycles. The Kier molecular flexibility index (Phi) is 1.99. The first-order valence-corrected chi connectivity index (χ1v) is 3.45. The van der Waals surface area contributed by atoms with Crippen molar-refractivity contribution < 1.29 is 10.0 Å². The predicted octanol–water partition coefficient (Wildman–Crippen LogP) is 1.29. The molecule has 4 nitrogen and oxygen atoms in total. The summed E-state index contributed by atoms with van der Waals surface area (Å²) in [5.74, 6) is -0.124. The fourth-order valence-electron chi connectivity index (χ4n) is 1.03. The molecule has 0 spiro atoms. The van der Waals surface area contributed by atoms with Crippen LogP contribution in [0, 0.1) is 24.0 Å². The standard InChI is InChI=1S/C8H9NO3/c1-5-3-7(9(11)12)4-6(2)8(5)10/h3-4,10H,1-2H3/p-1. The van der Waals surface area contributed by atoms with Crippen molar-refractivity contribution in [1.29, 1.82) is 0 Å². The number of aryl methyl sites for hydroxylation is 2. The molecule has 0 aliphatic rings. The minimum Gasteiger partial charge on any atom is -0.872 e. The van der Waals surface area contributed by atoms with Gasteiger partial charge in [0.2, 0.25) is 0 Å². The van der Waals surface area contributed by atoms with Gasteiger partial charge in [-0.1, -0.05) is 11.1 Å². The first-order valence-electron chi connectivity index (χ1n) is 3.45. The lowest BCUT2D eigenvalue weighted by atomic mass is 10.1. The maximum absolute atomic E-state index is 11.1. The van der Waals surface area contributed by atoms with Crippen LogP contribution in [0.2, 0.25) is 0 Å². The molecule has 0 radical (unpaired) electrons. The molecular weight excluding hydrogens is 158 g/mol. The van der Waals surface area contributed by atoms with E-state index in [-0.39, 0.29) is 11.4 Å². The van der Waals surface area contributed by atoms with Crippen molar-refractivity contribution >= 4 is 5.69 Å². The zero-order valence-electron chi connectivity index (χ0n) is 6.83. The smallest absolute Gasteiger partial charge is 0.269 e. The van der Waals surface area contributed by atoms with Gasteiger partial charge in [0.25, 0.3) is 5.69 Å². The molecule has 0 aliphatic heterocycles. The normalized spacial score (nSPS) is 9.83. The number of non-ortho nitro benzene ring substituents is 1. The van der Waals surface area contributed by atoms with Gasteiger partial charge in [0.1, 0.15) is 0 Å². The maximum atomic E-state index is 11.1. The molecule has 0 atom stereocenters. The molecule has 0 aliphatic carbocycles. The zero-order chi connectivity index (χ0) is 9.30. The van der Waals surface area contributed by atoms with E-state index in [9.17, 15) is 15.2 Å². The van der Waals surface area contributed by atoms with Gasteiger partial charge < -0.3 is 5.11 Å². The molecule has 0 heterocycles. The van der Waals surface area contributed by atoms with Crippen molar-refractivity contribution in [1.82, 2.24) is 0 Å². The highest BCUT2D eigenvalue weighted by Gasteiger charge is 2.06. The molecular formula is C8H8NO3-. The molecule has 64 valence electrons. The number of rotatable bonds is 1. The summed E-state index contributed by atoms with van der Waals surface area (Å²) in [6, 6.07) is 2.57. The first kappa shape index (κ1) is 8.52. The largest absolute Gasteiger partial charge is 0.872 e. The molecule has 4 heteroatoms. The van der Waals surface area contributed by atoms with Crippen molar-refractivity contribution in [3.8, 4) is 5.75 Å². The highest BCUT2D eigenvalue weighted by molar-refractivity contribution is 5.47. The monoisotopic (exact) mass is 166 g/mol. The molecule has 0 saturated carbocycles. The molecule has 0 unspecified atom stereocenters. The van der Waals surface area contributed by atoms with E-state index in [1.54, 1.807) is 13.8 Å². The van der Waals surface area contributed by atoms with E-state index in [2.05, 4.69) is 0 Å². The van der Waals surface area contributed by atoms with Gasteiger partial charge in [-0.15, -0.1) is 5.75 Å². The lowest BCUT2D eigenvalue weighted by molar-refractivity contribution is -0.385. The number of hydrogen-bond acceptors (Lipinski definition) is 3. The third kappa shape index (κ3) is 1.37. The fraction of sp³-hybridized carbons (Fsp3) is 0.250. The number of hydrogen-bond donors (Lipinski definition) is 0. The van der Waals surface area contributed by atoms with E-state index in [0.29, 0.717) is 11.1 Å². The molecule has 12 heavy (non-hydrogen) atoms. The van der Waals surface area contributed by atoms with Crippen molar-refractivity contribution in [3.63, 3.8) is 0 Å².